The fraction of sp³-hybridized carbons (Fsp3) is 0.200. The summed E-state index contributed by atoms with van der Waals surface area (Å²) in [5.41, 5.74) is 1.50. The van der Waals surface area contributed by atoms with Crippen LogP contribution in [0.25, 0.3) is 0 Å². The molecule has 0 spiro atoms. The number of imide groups is 1. The maximum Gasteiger partial charge on any atom is 0.257 e. The first-order valence-corrected chi connectivity index (χ1v) is 11.3. The highest BCUT2D eigenvalue weighted by molar-refractivity contribution is 9.10. The SMILES string of the molecule is COc1ccc(C(=O)N(Cc2cccnc2)C2CC(=O)N(c3ccc(Br)cc3)C2=O)cc1OC. The third-order valence-electron chi connectivity index (χ3n) is 5.55. The number of anilines is 1. The molecule has 0 N–H and O–H groups in total. The minimum absolute atomic E-state index is 0.110. The third-order valence-corrected chi connectivity index (χ3v) is 6.08. The quantitative estimate of drug-likeness (QED) is 0.437. The van der Waals surface area contributed by atoms with E-state index in [1.165, 1.54) is 19.1 Å². The number of amides is 3. The number of hydrogen-bond donors (Lipinski definition) is 0. The molecule has 2 heterocycles. The Kier molecular flexibility index (Phi) is 6.93. The van der Waals surface area contributed by atoms with Crippen molar-refractivity contribution in [3.8, 4) is 11.5 Å². The van der Waals surface area contributed by atoms with Gasteiger partial charge in [0.25, 0.3) is 11.8 Å². The summed E-state index contributed by atoms with van der Waals surface area (Å²) in [6.45, 7) is 0.110. The first-order valence-electron chi connectivity index (χ1n) is 10.5. The first-order chi connectivity index (χ1) is 16.4. The highest BCUT2D eigenvalue weighted by Crippen LogP contribution is 2.31. The second-order valence-corrected chi connectivity index (χ2v) is 8.54. The van der Waals surface area contributed by atoms with E-state index in [4.69, 9.17) is 9.47 Å². The van der Waals surface area contributed by atoms with Crippen molar-refractivity contribution >= 4 is 39.3 Å². The molecule has 0 bridgehead atoms. The summed E-state index contributed by atoms with van der Waals surface area (Å²) in [4.78, 5) is 46.6. The van der Waals surface area contributed by atoms with Crippen LogP contribution in [0.1, 0.15) is 22.3 Å². The monoisotopic (exact) mass is 523 g/mol. The second kappa shape index (κ2) is 10.0. The molecule has 0 saturated carbocycles. The Bertz CT molecular complexity index is 1220. The number of halogens is 1. The Morgan fingerprint density at radius 3 is 2.47 bits per heavy atom. The number of carbonyl (C=O) groups excluding carboxylic acids is 3. The molecule has 9 heteroatoms. The van der Waals surface area contributed by atoms with Crippen molar-refractivity contribution in [1.29, 1.82) is 0 Å². The average Bonchev–Trinajstić information content (AvgIpc) is 3.16. The van der Waals surface area contributed by atoms with E-state index in [1.807, 2.05) is 6.07 Å². The zero-order valence-corrected chi connectivity index (χ0v) is 20.2. The van der Waals surface area contributed by atoms with Gasteiger partial charge in [-0.3, -0.25) is 19.4 Å². The van der Waals surface area contributed by atoms with Crippen LogP contribution in [0.15, 0.2) is 71.5 Å². The molecule has 1 atom stereocenters. The molecule has 1 aliphatic rings. The predicted octanol–water partition coefficient (Wildman–Crippen LogP) is 3.84. The largest absolute Gasteiger partial charge is 0.493 e. The van der Waals surface area contributed by atoms with E-state index in [2.05, 4.69) is 20.9 Å². The fourth-order valence-electron chi connectivity index (χ4n) is 3.87. The lowest BCUT2D eigenvalue weighted by atomic mass is 10.1. The fourth-order valence-corrected chi connectivity index (χ4v) is 4.13. The summed E-state index contributed by atoms with van der Waals surface area (Å²) in [6, 6.07) is 14.3. The average molecular weight is 524 g/mol. The van der Waals surface area contributed by atoms with Crippen LogP contribution in [0, 0.1) is 0 Å². The highest BCUT2D eigenvalue weighted by atomic mass is 79.9. The molecule has 2 aromatic carbocycles. The molecule has 1 fully saturated rings. The van der Waals surface area contributed by atoms with Crippen LogP contribution < -0.4 is 14.4 Å². The number of pyridine rings is 1. The normalized spacial score (nSPS) is 15.4. The number of hydrogen-bond acceptors (Lipinski definition) is 6. The zero-order valence-electron chi connectivity index (χ0n) is 18.6. The van der Waals surface area contributed by atoms with Crippen LogP contribution in [-0.2, 0) is 16.1 Å². The van der Waals surface area contributed by atoms with Crippen molar-refractivity contribution in [3.63, 3.8) is 0 Å². The van der Waals surface area contributed by atoms with Crippen LogP contribution >= 0.6 is 15.9 Å². The van der Waals surface area contributed by atoms with Gasteiger partial charge in [-0.05, 0) is 54.1 Å². The second-order valence-electron chi connectivity index (χ2n) is 7.63. The molecule has 0 radical (unpaired) electrons. The van der Waals surface area contributed by atoms with Crippen molar-refractivity contribution in [2.45, 2.75) is 19.0 Å². The number of nitrogens with zero attached hydrogens (tertiary/aromatic N) is 3. The number of carbonyl (C=O) groups is 3. The number of rotatable bonds is 7. The van der Waals surface area contributed by atoms with Gasteiger partial charge in [-0.15, -0.1) is 0 Å². The van der Waals surface area contributed by atoms with E-state index >= 15 is 0 Å². The molecule has 3 amide bonds. The Morgan fingerprint density at radius 1 is 1.09 bits per heavy atom. The number of aromatic nitrogens is 1. The molecule has 0 aliphatic carbocycles. The maximum atomic E-state index is 13.7. The number of ether oxygens (including phenoxy) is 2. The minimum atomic E-state index is -0.961. The molecule has 1 aliphatic heterocycles. The zero-order chi connectivity index (χ0) is 24.2. The topological polar surface area (TPSA) is 89.0 Å². The minimum Gasteiger partial charge on any atom is -0.493 e. The lowest BCUT2D eigenvalue weighted by Gasteiger charge is -2.28. The van der Waals surface area contributed by atoms with Crippen LogP contribution in [0.5, 0.6) is 11.5 Å². The van der Waals surface area contributed by atoms with Crippen LogP contribution in [0.2, 0.25) is 0 Å². The van der Waals surface area contributed by atoms with Gasteiger partial charge in [0.15, 0.2) is 11.5 Å². The molecule has 4 rings (SSSR count). The lowest BCUT2D eigenvalue weighted by Crippen LogP contribution is -2.45. The Balaban J connectivity index is 1.70. The Hall–Kier alpha value is -3.72. The molecule has 1 aromatic heterocycles. The van der Waals surface area contributed by atoms with Crippen LogP contribution in [0.4, 0.5) is 5.69 Å². The highest BCUT2D eigenvalue weighted by Gasteiger charge is 2.44. The van der Waals surface area contributed by atoms with Crippen molar-refractivity contribution in [2.24, 2.45) is 0 Å². The van der Waals surface area contributed by atoms with Crippen LogP contribution in [-0.4, -0.2) is 47.9 Å². The molecule has 34 heavy (non-hydrogen) atoms. The Labute approximate surface area is 205 Å². The Morgan fingerprint density at radius 2 is 1.82 bits per heavy atom. The molecule has 174 valence electrons. The van der Waals surface area contributed by atoms with Gasteiger partial charge in [0.05, 0.1) is 26.3 Å². The van der Waals surface area contributed by atoms with Crippen molar-refractivity contribution < 1.29 is 23.9 Å². The molecule has 8 nitrogen and oxygen atoms in total. The summed E-state index contributed by atoms with van der Waals surface area (Å²) in [5, 5.41) is 0. The summed E-state index contributed by atoms with van der Waals surface area (Å²) in [5.74, 6) is -0.362. The standard InChI is InChI=1S/C25H22BrN3O5/c1-33-21-10-5-17(12-22(21)34-2)24(31)28(15-16-4-3-11-27-14-16)20-13-23(30)29(25(20)32)19-8-6-18(26)7-9-19/h3-12,14,20H,13,15H2,1-2H3. The maximum absolute atomic E-state index is 13.7. The molecule has 1 unspecified atom stereocenters. The molecular formula is C25H22BrN3O5. The van der Waals surface area contributed by atoms with E-state index in [-0.39, 0.29) is 18.9 Å². The predicted molar refractivity (Wildman–Crippen MR) is 129 cm³/mol. The van der Waals surface area contributed by atoms with E-state index in [9.17, 15) is 14.4 Å². The van der Waals surface area contributed by atoms with E-state index < -0.39 is 17.9 Å². The molecular weight excluding hydrogens is 502 g/mol. The van der Waals surface area contributed by atoms with Crippen molar-refractivity contribution in [1.82, 2.24) is 9.88 Å². The smallest absolute Gasteiger partial charge is 0.257 e. The van der Waals surface area contributed by atoms with Gasteiger partial charge in [-0.25, -0.2) is 4.90 Å². The van der Waals surface area contributed by atoms with Gasteiger partial charge in [-0.1, -0.05) is 22.0 Å². The van der Waals surface area contributed by atoms with Crippen molar-refractivity contribution in [2.75, 3.05) is 19.1 Å². The van der Waals surface area contributed by atoms with E-state index in [0.29, 0.717) is 22.7 Å². The number of benzene rings is 2. The third kappa shape index (κ3) is 4.65. The lowest BCUT2D eigenvalue weighted by molar-refractivity contribution is -0.122. The van der Waals surface area contributed by atoms with Gasteiger partial charge in [0, 0.05) is 29.0 Å². The van der Waals surface area contributed by atoms with Gasteiger partial charge in [0.2, 0.25) is 5.91 Å². The summed E-state index contributed by atoms with van der Waals surface area (Å²) in [7, 11) is 2.99. The molecule has 3 aromatic rings. The first kappa shape index (κ1) is 23.4. The summed E-state index contributed by atoms with van der Waals surface area (Å²) in [6.07, 6.45) is 3.14. The van der Waals surface area contributed by atoms with Crippen LogP contribution in [0.3, 0.4) is 0 Å². The van der Waals surface area contributed by atoms with Gasteiger partial charge in [-0.2, -0.15) is 0 Å². The van der Waals surface area contributed by atoms with Gasteiger partial charge >= 0.3 is 0 Å². The van der Waals surface area contributed by atoms with E-state index in [0.717, 1.165) is 14.9 Å². The van der Waals surface area contributed by atoms with Gasteiger partial charge < -0.3 is 14.4 Å². The summed E-state index contributed by atoms with van der Waals surface area (Å²) < 4.78 is 11.4. The number of methoxy groups -OCH3 is 2. The molecule has 1 saturated heterocycles. The summed E-state index contributed by atoms with van der Waals surface area (Å²) >= 11 is 3.36. The van der Waals surface area contributed by atoms with Crippen molar-refractivity contribution in [3.05, 3.63) is 82.6 Å². The van der Waals surface area contributed by atoms with E-state index in [1.54, 1.807) is 60.9 Å². The van der Waals surface area contributed by atoms with Gasteiger partial charge in [0.1, 0.15) is 6.04 Å².